The van der Waals surface area contributed by atoms with Gasteiger partial charge in [-0.1, -0.05) is 12.1 Å². The summed E-state index contributed by atoms with van der Waals surface area (Å²) in [5.74, 6) is 0.234. The predicted octanol–water partition coefficient (Wildman–Crippen LogP) is 3.47. The van der Waals surface area contributed by atoms with Gasteiger partial charge in [0.15, 0.2) is 5.78 Å². The van der Waals surface area contributed by atoms with Gasteiger partial charge in [-0.2, -0.15) is 0 Å². The molecule has 1 heterocycles. The Labute approximate surface area is 114 Å². The average molecular weight is 263 g/mol. The average Bonchev–Trinajstić information content (AvgIpc) is 2.69. The molecule has 1 aromatic carbocycles. The lowest BCUT2D eigenvalue weighted by Crippen LogP contribution is -2.41. The zero-order chi connectivity index (χ0) is 13.2. The van der Waals surface area contributed by atoms with E-state index in [9.17, 15) is 4.79 Å². The molecule has 1 aliphatic heterocycles. The van der Waals surface area contributed by atoms with Crippen molar-refractivity contribution in [2.75, 3.05) is 19.3 Å². The molecule has 1 saturated heterocycles. The van der Waals surface area contributed by atoms with Crippen LogP contribution < -0.4 is 0 Å². The molecule has 18 heavy (non-hydrogen) atoms. The topological polar surface area (TPSA) is 20.3 Å². The monoisotopic (exact) mass is 263 g/mol. The number of ketones is 1. The maximum atomic E-state index is 12.2. The molecule has 98 valence electrons. The van der Waals surface area contributed by atoms with Crippen LogP contribution in [-0.2, 0) is 0 Å². The van der Waals surface area contributed by atoms with E-state index in [2.05, 4.69) is 18.7 Å². The number of carbonyl (C=O) groups is 1. The Bertz CT molecular complexity index is 425. The summed E-state index contributed by atoms with van der Waals surface area (Å²) in [6, 6.07) is 7.93. The second kappa shape index (κ2) is 5.45. The van der Waals surface area contributed by atoms with Crippen LogP contribution in [0.15, 0.2) is 29.2 Å². The van der Waals surface area contributed by atoms with E-state index in [1.807, 2.05) is 30.5 Å². The second-order valence-corrected chi connectivity index (χ2v) is 6.37. The molecule has 0 radical (unpaired) electrons. The molecule has 2 rings (SSSR count). The Kier molecular flexibility index (Phi) is 4.13. The summed E-state index contributed by atoms with van der Waals surface area (Å²) in [6.45, 7) is 6.04. The van der Waals surface area contributed by atoms with Gasteiger partial charge in [-0.05, 0) is 51.6 Å². The van der Waals surface area contributed by atoms with Gasteiger partial charge in [0, 0.05) is 16.0 Å². The van der Waals surface area contributed by atoms with E-state index in [1.165, 1.54) is 17.7 Å². The summed E-state index contributed by atoms with van der Waals surface area (Å²) in [5, 5.41) is 0. The van der Waals surface area contributed by atoms with Crippen molar-refractivity contribution in [2.45, 2.75) is 37.1 Å². The zero-order valence-electron chi connectivity index (χ0n) is 11.4. The normalized spacial score (nSPS) is 19.1. The lowest BCUT2D eigenvalue weighted by Gasteiger charge is -2.30. The highest BCUT2D eigenvalue weighted by atomic mass is 32.2. The van der Waals surface area contributed by atoms with E-state index in [-0.39, 0.29) is 11.3 Å². The molecule has 0 atom stereocenters. The third kappa shape index (κ3) is 2.96. The first-order valence-electron chi connectivity index (χ1n) is 6.45. The highest BCUT2D eigenvalue weighted by molar-refractivity contribution is 7.98. The molecule has 0 aromatic heterocycles. The number of benzene rings is 1. The highest BCUT2D eigenvalue weighted by Crippen LogP contribution is 2.28. The van der Waals surface area contributed by atoms with Crippen molar-refractivity contribution >= 4 is 17.5 Å². The van der Waals surface area contributed by atoms with Gasteiger partial charge in [0.1, 0.15) is 0 Å². The summed E-state index contributed by atoms with van der Waals surface area (Å²) >= 11 is 1.70. The van der Waals surface area contributed by atoms with Crippen LogP contribution in [0.25, 0.3) is 0 Å². The SMILES string of the molecule is CSc1ccc(C(=O)CN2CCCC2(C)C)cc1. The van der Waals surface area contributed by atoms with Crippen molar-refractivity contribution in [3.63, 3.8) is 0 Å². The maximum Gasteiger partial charge on any atom is 0.176 e. The second-order valence-electron chi connectivity index (χ2n) is 5.49. The van der Waals surface area contributed by atoms with E-state index in [0.29, 0.717) is 6.54 Å². The lowest BCUT2D eigenvalue weighted by atomic mass is 10.0. The number of likely N-dealkylation sites (tertiary alicyclic amines) is 1. The predicted molar refractivity (Wildman–Crippen MR) is 77.4 cm³/mol. The molecule has 1 aromatic rings. The molecule has 0 N–H and O–H groups in total. The van der Waals surface area contributed by atoms with Gasteiger partial charge in [-0.3, -0.25) is 9.69 Å². The molecule has 0 aliphatic carbocycles. The minimum absolute atomic E-state index is 0.175. The minimum Gasteiger partial charge on any atom is -0.293 e. The Balaban J connectivity index is 2.03. The first-order chi connectivity index (χ1) is 8.53. The van der Waals surface area contributed by atoms with Gasteiger partial charge in [0.2, 0.25) is 0 Å². The Morgan fingerprint density at radius 1 is 1.33 bits per heavy atom. The molecule has 0 unspecified atom stereocenters. The van der Waals surface area contributed by atoms with Crippen molar-refractivity contribution in [3.8, 4) is 0 Å². The standard InChI is InChI=1S/C15H21NOS/c1-15(2)9-4-10-16(15)11-14(17)12-5-7-13(18-3)8-6-12/h5-8H,4,9-11H2,1-3H3. The van der Waals surface area contributed by atoms with Crippen LogP contribution in [-0.4, -0.2) is 35.6 Å². The molecular weight excluding hydrogens is 242 g/mol. The van der Waals surface area contributed by atoms with Gasteiger partial charge in [-0.15, -0.1) is 11.8 Å². The summed E-state index contributed by atoms with van der Waals surface area (Å²) in [6.07, 6.45) is 4.43. The third-order valence-electron chi connectivity index (χ3n) is 3.82. The number of hydrogen-bond acceptors (Lipinski definition) is 3. The van der Waals surface area contributed by atoms with E-state index < -0.39 is 0 Å². The number of Topliss-reactive ketones (excluding diaryl/α,β-unsaturated/α-hetero) is 1. The Morgan fingerprint density at radius 2 is 2.00 bits per heavy atom. The molecule has 3 heteroatoms. The summed E-state index contributed by atoms with van der Waals surface area (Å²) in [4.78, 5) is 15.7. The molecule has 1 fully saturated rings. The summed E-state index contributed by atoms with van der Waals surface area (Å²) < 4.78 is 0. The van der Waals surface area contributed by atoms with Crippen molar-refractivity contribution in [1.29, 1.82) is 0 Å². The molecule has 0 saturated carbocycles. The van der Waals surface area contributed by atoms with Gasteiger partial charge in [0.05, 0.1) is 6.54 Å². The summed E-state index contributed by atoms with van der Waals surface area (Å²) in [7, 11) is 0. The fourth-order valence-corrected chi connectivity index (χ4v) is 2.91. The minimum atomic E-state index is 0.175. The fraction of sp³-hybridized carbons (Fsp3) is 0.533. The van der Waals surface area contributed by atoms with Crippen molar-refractivity contribution < 1.29 is 4.79 Å². The third-order valence-corrected chi connectivity index (χ3v) is 4.56. The summed E-state index contributed by atoms with van der Waals surface area (Å²) in [5.41, 5.74) is 1.00. The fourth-order valence-electron chi connectivity index (χ4n) is 2.50. The first kappa shape index (κ1) is 13.6. The van der Waals surface area contributed by atoms with Crippen LogP contribution in [0.5, 0.6) is 0 Å². The van der Waals surface area contributed by atoms with Gasteiger partial charge < -0.3 is 0 Å². The Hall–Kier alpha value is -0.800. The van der Waals surface area contributed by atoms with Crippen molar-refractivity contribution in [2.24, 2.45) is 0 Å². The largest absolute Gasteiger partial charge is 0.293 e. The van der Waals surface area contributed by atoms with E-state index in [4.69, 9.17) is 0 Å². The molecule has 0 amide bonds. The zero-order valence-corrected chi connectivity index (χ0v) is 12.2. The van der Waals surface area contributed by atoms with Crippen molar-refractivity contribution in [1.82, 2.24) is 4.90 Å². The number of thioether (sulfide) groups is 1. The van der Waals surface area contributed by atoms with Crippen LogP contribution in [0.1, 0.15) is 37.0 Å². The van der Waals surface area contributed by atoms with Gasteiger partial charge in [-0.25, -0.2) is 0 Å². The van der Waals surface area contributed by atoms with Crippen LogP contribution in [0.2, 0.25) is 0 Å². The number of nitrogens with zero attached hydrogens (tertiary/aromatic N) is 1. The van der Waals surface area contributed by atoms with Crippen LogP contribution in [0, 0.1) is 0 Å². The molecule has 1 aliphatic rings. The smallest absolute Gasteiger partial charge is 0.176 e. The van der Waals surface area contributed by atoms with Crippen LogP contribution in [0.3, 0.4) is 0 Å². The van der Waals surface area contributed by atoms with Gasteiger partial charge in [0.25, 0.3) is 0 Å². The molecular formula is C15H21NOS. The lowest BCUT2D eigenvalue weighted by molar-refractivity contribution is 0.0871. The van der Waals surface area contributed by atoms with Gasteiger partial charge >= 0.3 is 0 Å². The number of carbonyl (C=O) groups excluding carboxylic acids is 1. The van der Waals surface area contributed by atoms with Crippen LogP contribution in [0.4, 0.5) is 0 Å². The highest BCUT2D eigenvalue weighted by Gasteiger charge is 2.32. The van der Waals surface area contributed by atoms with Crippen molar-refractivity contribution in [3.05, 3.63) is 29.8 Å². The maximum absolute atomic E-state index is 12.2. The number of hydrogen-bond donors (Lipinski definition) is 0. The van der Waals surface area contributed by atoms with E-state index in [1.54, 1.807) is 11.8 Å². The Morgan fingerprint density at radius 3 is 2.50 bits per heavy atom. The molecule has 0 spiro atoms. The van der Waals surface area contributed by atoms with E-state index >= 15 is 0 Å². The van der Waals surface area contributed by atoms with Crippen LogP contribution >= 0.6 is 11.8 Å². The molecule has 2 nitrogen and oxygen atoms in total. The molecule has 0 bridgehead atoms. The van der Waals surface area contributed by atoms with E-state index in [0.717, 1.165) is 12.1 Å². The number of rotatable bonds is 4. The first-order valence-corrected chi connectivity index (χ1v) is 7.68. The quantitative estimate of drug-likeness (QED) is 0.613.